The number of nitrogens with one attached hydrogen (secondary N) is 1. The van der Waals surface area contributed by atoms with E-state index in [2.05, 4.69) is 9.97 Å². The van der Waals surface area contributed by atoms with Crippen molar-refractivity contribution in [2.45, 2.75) is 43.3 Å². The molecule has 0 spiro atoms. The molecule has 0 radical (unpaired) electrons. The zero-order chi connectivity index (χ0) is 17.1. The first-order valence-corrected chi connectivity index (χ1v) is 9.11. The summed E-state index contributed by atoms with van der Waals surface area (Å²) in [5, 5.41) is 0.592. The van der Waals surface area contributed by atoms with Gasteiger partial charge in [-0.2, -0.15) is 0 Å². The van der Waals surface area contributed by atoms with E-state index >= 15 is 0 Å². The zero-order valence-corrected chi connectivity index (χ0v) is 14.4. The third kappa shape index (κ3) is 3.77. The molecule has 1 amide bonds. The predicted octanol–water partition coefficient (Wildman–Crippen LogP) is 2.95. The number of H-pyrrole nitrogens is 1. The molecule has 0 atom stereocenters. The van der Waals surface area contributed by atoms with E-state index in [4.69, 9.17) is 0 Å². The molecular formula is C17H20FN3O2S. The van der Waals surface area contributed by atoms with E-state index in [1.54, 1.807) is 0 Å². The molecule has 2 aromatic rings. The number of hydrogen-bond acceptors (Lipinski definition) is 4. The van der Waals surface area contributed by atoms with Gasteiger partial charge >= 0.3 is 0 Å². The van der Waals surface area contributed by atoms with E-state index in [9.17, 15) is 14.0 Å². The second-order valence-corrected chi connectivity index (χ2v) is 7.08. The Balaban J connectivity index is 1.67. The fourth-order valence-electron chi connectivity index (χ4n) is 3.06. The Morgan fingerprint density at radius 2 is 2.12 bits per heavy atom. The van der Waals surface area contributed by atoms with E-state index in [1.807, 2.05) is 11.9 Å². The van der Waals surface area contributed by atoms with Crippen LogP contribution in [0.5, 0.6) is 0 Å². The van der Waals surface area contributed by atoms with Gasteiger partial charge in [0.05, 0.1) is 16.7 Å². The molecular weight excluding hydrogens is 329 g/mol. The van der Waals surface area contributed by atoms with Gasteiger partial charge in [0.25, 0.3) is 5.56 Å². The van der Waals surface area contributed by atoms with Gasteiger partial charge < -0.3 is 9.88 Å². The van der Waals surface area contributed by atoms with Crippen molar-refractivity contribution in [2.24, 2.45) is 0 Å². The third-order valence-corrected chi connectivity index (χ3v) is 5.35. The van der Waals surface area contributed by atoms with Crippen LogP contribution in [0.1, 0.15) is 32.1 Å². The van der Waals surface area contributed by atoms with Gasteiger partial charge in [0.2, 0.25) is 5.91 Å². The summed E-state index contributed by atoms with van der Waals surface area (Å²) in [7, 11) is 1.85. The Morgan fingerprint density at radius 1 is 1.38 bits per heavy atom. The SMILES string of the molecule is CN(C(=O)CSc1nc2ccc(F)cc2c(=O)[nH]1)C1CCCCC1. The summed E-state index contributed by atoms with van der Waals surface area (Å²) in [4.78, 5) is 33.1. The highest BCUT2D eigenvalue weighted by molar-refractivity contribution is 7.99. The van der Waals surface area contributed by atoms with Crippen LogP contribution in [0.2, 0.25) is 0 Å². The molecule has 0 saturated heterocycles. The van der Waals surface area contributed by atoms with Gasteiger partial charge in [0.1, 0.15) is 5.82 Å². The second-order valence-electron chi connectivity index (χ2n) is 6.12. The largest absolute Gasteiger partial charge is 0.342 e. The van der Waals surface area contributed by atoms with E-state index in [-0.39, 0.29) is 17.0 Å². The van der Waals surface area contributed by atoms with Crippen LogP contribution in [0.3, 0.4) is 0 Å². The molecule has 0 unspecified atom stereocenters. The van der Waals surface area contributed by atoms with Gasteiger partial charge in [-0.05, 0) is 31.0 Å². The summed E-state index contributed by atoms with van der Waals surface area (Å²) in [6.45, 7) is 0. The Kier molecular flexibility index (Phi) is 5.18. The number of hydrogen-bond donors (Lipinski definition) is 1. The molecule has 5 nitrogen and oxygen atoms in total. The van der Waals surface area contributed by atoms with Crippen LogP contribution < -0.4 is 5.56 Å². The van der Waals surface area contributed by atoms with Crippen LogP contribution in [-0.4, -0.2) is 39.6 Å². The van der Waals surface area contributed by atoms with Crippen LogP contribution >= 0.6 is 11.8 Å². The Labute approximate surface area is 143 Å². The van der Waals surface area contributed by atoms with E-state index in [0.717, 1.165) is 18.9 Å². The fourth-order valence-corrected chi connectivity index (χ4v) is 3.85. The molecule has 1 aliphatic rings. The van der Waals surface area contributed by atoms with Crippen LogP contribution in [-0.2, 0) is 4.79 Å². The molecule has 0 bridgehead atoms. The second kappa shape index (κ2) is 7.34. The maximum absolute atomic E-state index is 13.2. The van der Waals surface area contributed by atoms with Gasteiger partial charge in [-0.3, -0.25) is 9.59 Å². The maximum Gasteiger partial charge on any atom is 0.259 e. The molecule has 128 valence electrons. The summed E-state index contributed by atoms with van der Waals surface area (Å²) in [6, 6.07) is 4.22. The molecule has 1 aromatic heterocycles. The van der Waals surface area contributed by atoms with Crippen LogP contribution in [0.4, 0.5) is 4.39 Å². The van der Waals surface area contributed by atoms with Crippen LogP contribution in [0, 0.1) is 5.82 Å². The Morgan fingerprint density at radius 3 is 2.88 bits per heavy atom. The zero-order valence-electron chi connectivity index (χ0n) is 13.5. The molecule has 1 N–H and O–H groups in total. The lowest BCUT2D eigenvalue weighted by molar-refractivity contribution is -0.129. The molecule has 3 rings (SSSR count). The molecule has 1 heterocycles. The number of rotatable bonds is 4. The number of fused-ring (bicyclic) bond motifs is 1. The van der Waals surface area contributed by atoms with E-state index in [1.165, 1.54) is 43.2 Å². The average molecular weight is 349 g/mol. The number of amides is 1. The monoisotopic (exact) mass is 349 g/mol. The lowest BCUT2D eigenvalue weighted by Crippen LogP contribution is -2.39. The molecule has 1 aliphatic carbocycles. The van der Waals surface area contributed by atoms with Crippen molar-refractivity contribution in [3.8, 4) is 0 Å². The molecule has 1 saturated carbocycles. The van der Waals surface area contributed by atoms with Crippen molar-refractivity contribution < 1.29 is 9.18 Å². The van der Waals surface area contributed by atoms with Gasteiger partial charge in [-0.15, -0.1) is 0 Å². The van der Waals surface area contributed by atoms with Crippen LogP contribution in [0.15, 0.2) is 28.2 Å². The highest BCUT2D eigenvalue weighted by Crippen LogP contribution is 2.23. The summed E-state index contributed by atoms with van der Waals surface area (Å²) >= 11 is 1.20. The first-order chi connectivity index (χ1) is 11.5. The number of thioether (sulfide) groups is 1. The lowest BCUT2D eigenvalue weighted by atomic mass is 9.94. The van der Waals surface area contributed by atoms with Gasteiger partial charge in [0.15, 0.2) is 5.16 Å². The maximum atomic E-state index is 13.2. The minimum absolute atomic E-state index is 0.0359. The highest BCUT2D eigenvalue weighted by Gasteiger charge is 2.22. The number of nitrogens with zero attached hydrogens (tertiary/aromatic N) is 2. The number of aromatic amines is 1. The number of carbonyl (C=O) groups is 1. The average Bonchev–Trinajstić information content (AvgIpc) is 2.60. The van der Waals surface area contributed by atoms with Crippen molar-refractivity contribution >= 4 is 28.6 Å². The van der Waals surface area contributed by atoms with Crippen molar-refractivity contribution in [2.75, 3.05) is 12.8 Å². The third-order valence-electron chi connectivity index (χ3n) is 4.49. The molecule has 1 fully saturated rings. The lowest BCUT2D eigenvalue weighted by Gasteiger charge is -2.31. The van der Waals surface area contributed by atoms with E-state index < -0.39 is 11.4 Å². The molecule has 7 heteroatoms. The number of halogens is 1. The smallest absolute Gasteiger partial charge is 0.259 e. The van der Waals surface area contributed by atoms with Gasteiger partial charge in [-0.1, -0.05) is 31.0 Å². The molecule has 24 heavy (non-hydrogen) atoms. The predicted molar refractivity (Wildman–Crippen MR) is 92.7 cm³/mol. The summed E-state index contributed by atoms with van der Waals surface area (Å²) in [6.07, 6.45) is 5.71. The van der Waals surface area contributed by atoms with Crippen molar-refractivity contribution in [3.63, 3.8) is 0 Å². The Bertz CT molecular complexity index is 802. The highest BCUT2D eigenvalue weighted by atomic mass is 32.2. The summed E-state index contributed by atoms with van der Waals surface area (Å²) in [5.41, 5.74) is 0.0332. The van der Waals surface area contributed by atoms with Gasteiger partial charge in [-0.25, -0.2) is 9.37 Å². The van der Waals surface area contributed by atoms with Gasteiger partial charge in [0, 0.05) is 13.1 Å². The first kappa shape index (κ1) is 17.0. The standard InChI is InChI=1S/C17H20FN3O2S/c1-21(12-5-3-2-4-6-12)15(22)10-24-17-19-14-8-7-11(18)9-13(14)16(23)20-17/h7-9,12H,2-6,10H2,1H3,(H,19,20,23). The number of carbonyl (C=O) groups excluding carboxylic acids is 1. The first-order valence-electron chi connectivity index (χ1n) is 8.12. The van der Waals surface area contributed by atoms with Crippen molar-refractivity contribution in [1.29, 1.82) is 0 Å². The quantitative estimate of drug-likeness (QED) is 0.681. The summed E-state index contributed by atoms with van der Waals surface area (Å²) < 4.78 is 13.2. The van der Waals surface area contributed by atoms with Crippen molar-refractivity contribution in [3.05, 3.63) is 34.4 Å². The Hall–Kier alpha value is -1.89. The fraction of sp³-hybridized carbons (Fsp3) is 0.471. The molecule has 1 aromatic carbocycles. The normalized spacial score (nSPS) is 15.6. The van der Waals surface area contributed by atoms with Crippen molar-refractivity contribution in [1.82, 2.24) is 14.9 Å². The minimum Gasteiger partial charge on any atom is -0.342 e. The topological polar surface area (TPSA) is 66.1 Å². The molecule has 0 aliphatic heterocycles. The number of benzene rings is 1. The number of aromatic nitrogens is 2. The van der Waals surface area contributed by atoms with Crippen LogP contribution in [0.25, 0.3) is 10.9 Å². The van der Waals surface area contributed by atoms with E-state index in [0.29, 0.717) is 16.7 Å². The minimum atomic E-state index is -0.473. The summed E-state index contributed by atoms with van der Waals surface area (Å²) in [5.74, 6) is -0.212.